The monoisotopic (exact) mass is 619 g/mol. The SMILES string of the molecule is Cc1ccc(C(=Cc2ccc(N3c4ccc(C=C(c5ccccc5)c5ccc(C)cc5)cc4C4CCCC43)cc2)c2ccccc2)cc1. The van der Waals surface area contributed by atoms with Gasteiger partial charge in [-0.05, 0) is 113 Å². The molecular weight excluding hydrogens is 579 g/mol. The van der Waals surface area contributed by atoms with Crippen molar-refractivity contribution in [1.29, 1.82) is 0 Å². The maximum Gasteiger partial charge on any atom is 0.0450 e. The normalized spacial score (nSPS) is 17.3. The Morgan fingerprint density at radius 1 is 0.521 bits per heavy atom. The Balaban J connectivity index is 1.14. The summed E-state index contributed by atoms with van der Waals surface area (Å²) in [4.78, 5) is 2.63. The van der Waals surface area contributed by atoms with Crippen LogP contribution in [0.25, 0.3) is 23.3 Å². The maximum absolute atomic E-state index is 2.63. The lowest BCUT2D eigenvalue weighted by Gasteiger charge is -2.27. The topological polar surface area (TPSA) is 3.24 Å². The van der Waals surface area contributed by atoms with Crippen LogP contribution in [-0.4, -0.2) is 6.04 Å². The van der Waals surface area contributed by atoms with E-state index >= 15 is 0 Å². The third-order valence-corrected chi connectivity index (χ3v) is 10.2. The van der Waals surface area contributed by atoms with Crippen LogP contribution in [0.5, 0.6) is 0 Å². The second-order valence-corrected chi connectivity index (χ2v) is 13.5. The van der Waals surface area contributed by atoms with Crippen LogP contribution < -0.4 is 4.90 Å². The molecule has 1 heterocycles. The lowest BCUT2D eigenvalue weighted by molar-refractivity contribution is 0.642. The van der Waals surface area contributed by atoms with Gasteiger partial charge in [-0.1, -0.05) is 145 Å². The summed E-state index contributed by atoms with van der Waals surface area (Å²) >= 11 is 0. The first kappa shape index (κ1) is 30.0. The molecule has 0 N–H and O–H groups in total. The Bertz CT molecular complexity index is 2080. The number of benzene rings is 6. The molecule has 1 saturated carbocycles. The third-order valence-electron chi connectivity index (χ3n) is 10.2. The second-order valence-electron chi connectivity index (χ2n) is 13.5. The molecule has 1 nitrogen and oxygen atoms in total. The first-order valence-electron chi connectivity index (χ1n) is 17.3. The first-order valence-corrected chi connectivity index (χ1v) is 17.3. The quantitative estimate of drug-likeness (QED) is 0.161. The molecule has 2 unspecified atom stereocenters. The van der Waals surface area contributed by atoms with E-state index in [1.54, 1.807) is 0 Å². The van der Waals surface area contributed by atoms with Crippen molar-refractivity contribution in [2.45, 2.75) is 45.1 Å². The fourth-order valence-electron chi connectivity index (χ4n) is 7.73. The Kier molecular flexibility index (Phi) is 8.12. The van der Waals surface area contributed by atoms with Gasteiger partial charge in [0.05, 0.1) is 0 Å². The highest BCUT2D eigenvalue weighted by atomic mass is 15.2. The minimum atomic E-state index is 0.513. The summed E-state index contributed by atoms with van der Waals surface area (Å²) in [5.74, 6) is 0.568. The average molecular weight is 620 g/mol. The summed E-state index contributed by atoms with van der Waals surface area (Å²) in [5, 5.41) is 0. The molecule has 1 fully saturated rings. The smallest absolute Gasteiger partial charge is 0.0450 e. The van der Waals surface area contributed by atoms with Gasteiger partial charge in [-0.2, -0.15) is 0 Å². The lowest BCUT2D eigenvalue weighted by atomic mass is 9.92. The van der Waals surface area contributed by atoms with Gasteiger partial charge in [-0.15, -0.1) is 0 Å². The molecule has 0 amide bonds. The van der Waals surface area contributed by atoms with Crippen LogP contribution in [0.4, 0.5) is 11.4 Å². The Morgan fingerprint density at radius 2 is 1.02 bits per heavy atom. The van der Waals surface area contributed by atoms with Crippen LogP contribution in [-0.2, 0) is 0 Å². The summed E-state index contributed by atoms with van der Waals surface area (Å²) in [6.07, 6.45) is 8.48. The molecule has 0 saturated heterocycles. The largest absolute Gasteiger partial charge is 0.338 e. The van der Waals surface area contributed by atoms with E-state index in [1.807, 2.05) is 0 Å². The van der Waals surface area contributed by atoms with Crippen LogP contribution in [0.15, 0.2) is 152 Å². The van der Waals surface area contributed by atoms with Gasteiger partial charge in [-0.25, -0.2) is 0 Å². The van der Waals surface area contributed by atoms with Crippen molar-refractivity contribution in [1.82, 2.24) is 0 Å². The molecule has 234 valence electrons. The molecule has 0 radical (unpaired) electrons. The Labute approximate surface area is 285 Å². The molecular formula is C47H41N. The molecule has 6 aromatic rings. The predicted molar refractivity (Wildman–Crippen MR) is 205 cm³/mol. The van der Waals surface area contributed by atoms with Gasteiger partial charge in [0.2, 0.25) is 0 Å². The number of rotatable bonds is 7. The Morgan fingerprint density at radius 3 is 1.58 bits per heavy atom. The summed E-state index contributed by atoms with van der Waals surface area (Å²) in [7, 11) is 0. The number of aryl methyl sites for hydroxylation is 2. The van der Waals surface area contributed by atoms with E-state index in [0.717, 1.165) is 0 Å². The highest BCUT2D eigenvalue weighted by Crippen LogP contribution is 2.52. The van der Waals surface area contributed by atoms with Crippen LogP contribution in [0.2, 0.25) is 0 Å². The summed E-state index contributed by atoms with van der Waals surface area (Å²) in [6, 6.07) is 56.2. The molecule has 0 aromatic heterocycles. The number of anilines is 2. The van der Waals surface area contributed by atoms with E-state index in [-0.39, 0.29) is 0 Å². The average Bonchev–Trinajstić information content (AvgIpc) is 3.73. The van der Waals surface area contributed by atoms with Gasteiger partial charge in [0.25, 0.3) is 0 Å². The van der Waals surface area contributed by atoms with Gasteiger partial charge in [0.1, 0.15) is 0 Å². The van der Waals surface area contributed by atoms with E-state index < -0.39 is 0 Å². The molecule has 8 rings (SSSR count). The lowest BCUT2D eigenvalue weighted by Crippen LogP contribution is -2.26. The minimum absolute atomic E-state index is 0.513. The summed E-state index contributed by atoms with van der Waals surface area (Å²) < 4.78 is 0. The number of hydrogen-bond acceptors (Lipinski definition) is 1. The minimum Gasteiger partial charge on any atom is -0.338 e. The van der Waals surface area contributed by atoms with Crippen molar-refractivity contribution in [2.75, 3.05) is 4.90 Å². The van der Waals surface area contributed by atoms with Gasteiger partial charge < -0.3 is 4.90 Å². The van der Waals surface area contributed by atoms with Crippen LogP contribution in [0, 0.1) is 13.8 Å². The molecule has 6 aromatic carbocycles. The van der Waals surface area contributed by atoms with Crippen molar-refractivity contribution < 1.29 is 0 Å². The van der Waals surface area contributed by atoms with Gasteiger partial charge in [0.15, 0.2) is 0 Å². The highest BCUT2D eigenvalue weighted by Gasteiger charge is 2.42. The van der Waals surface area contributed by atoms with Crippen molar-refractivity contribution in [3.8, 4) is 0 Å². The third kappa shape index (κ3) is 5.93. The molecule has 0 bridgehead atoms. The summed E-state index contributed by atoms with van der Waals surface area (Å²) in [6.45, 7) is 4.29. The highest BCUT2D eigenvalue weighted by molar-refractivity contribution is 5.93. The molecule has 0 spiro atoms. The van der Waals surface area contributed by atoms with Crippen molar-refractivity contribution in [3.05, 3.63) is 202 Å². The zero-order chi connectivity index (χ0) is 32.5. The van der Waals surface area contributed by atoms with E-state index in [4.69, 9.17) is 0 Å². The molecule has 2 atom stereocenters. The van der Waals surface area contributed by atoms with E-state index in [1.165, 1.54) is 91.9 Å². The Hall–Kier alpha value is -5.40. The maximum atomic E-state index is 2.63. The first-order chi connectivity index (χ1) is 23.6. The van der Waals surface area contributed by atoms with E-state index in [0.29, 0.717) is 12.0 Å². The van der Waals surface area contributed by atoms with Crippen LogP contribution in [0.3, 0.4) is 0 Å². The van der Waals surface area contributed by atoms with Gasteiger partial charge >= 0.3 is 0 Å². The molecule has 2 aliphatic rings. The standard InChI is InChI=1S/C47H41N/c1-33-16-23-39(24-17-33)43(37-10-5-3-6-11-37)30-35-20-27-41(28-21-35)48-46-15-9-14-42(46)45-32-36(22-29-47(45)48)31-44(38-12-7-4-8-13-38)40-25-18-34(2)19-26-40/h3-8,10-13,16-32,42,46H,9,14-15H2,1-2H3. The summed E-state index contributed by atoms with van der Waals surface area (Å²) in [5.41, 5.74) is 16.7. The van der Waals surface area contributed by atoms with E-state index in [2.05, 4.69) is 183 Å². The number of nitrogens with zero attached hydrogens (tertiary/aromatic N) is 1. The zero-order valence-corrected chi connectivity index (χ0v) is 27.8. The zero-order valence-electron chi connectivity index (χ0n) is 27.8. The second kappa shape index (κ2) is 13.0. The fourth-order valence-corrected chi connectivity index (χ4v) is 7.73. The number of hydrogen-bond donors (Lipinski definition) is 0. The predicted octanol–water partition coefficient (Wildman–Crippen LogP) is 12.3. The molecule has 48 heavy (non-hydrogen) atoms. The van der Waals surface area contributed by atoms with Crippen molar-refractivity contribution >= 4 is 34.7 Å². The van der Waals surface area contributed by atoms with Crippen molar-refractivity contribution in [2.24, 2.45) is 0 Å². The number of fused-ring (bicyclic) bond motifs is 3. The molecule has 1 heteroatoms. The van der Waals surface area contributed by atoms with E-state index in [9.17, 15) is 0 Å². The van der Waals surface area contributed by atoms with Crippen LogP contribution in [0.1, 0.15) is 75.3 Å². The van der Waals surface area contributed by atoms with Crippen molar-refractivity contribution in [3.63, 3.8) is 0 Å². The molecule has 1 aliphatic heterocycles. The molecule has 1 aliphatic carbocycles. The van der Waals surface area contributed by atoms with Crippen LogP contribution >= 0.6 is 0 Å². The van der Waals surface area contributed by atoms with Gasteiger partial charge in [-0.3, -0.25) is 0 Å². The fraction of sp³-hybridized carbons (Fsp3) is 0.149. The van der Waals surface area contributed by atoms with Gasteiger partial charge in [0, 0.05) is 23.3 Å².